The van der Waals surface area contributed by atoms with Gasteiger partial charge in [-0.25, -0.2) is 9.80 Å². The third-order valence-electron chi connectivity index (χ3n) is 6.94. The predicted octanol–water partition coefficient (Wildman–Crippen LogP) is 5.46. The monoisotopic (exact) mass is 708 g/mol. The van der Waals surface area contributed by atoms with E-state index < -0.39 is 0 Å². The third kappa shape index (κ3) is 12.8. The first kappa shape index (κ1) is 38.1. The van der Waals surface area contributed by atoms with Crippen LogP contribution in [0, 0.1) is 0 Å². The molecule has 8 nitrogen and oxygen atoms in total. The van der Waals surface area contributed by atoms with E-state index in [-0.39, 0.29) is 45.6 Å². The molecule has 0 bridgehead atoms. The fourth-order valence-corrected chi connectivity index (χ4v) is 5.06. The maximum absolute atomic E-state index is 9.77. The molecule has 0 unspecified atom stereocenters. The summed E-state index contributed by atoms with van der Waals surface area (Å²) in [4.78, 5) is 4.33. The summed E-state index contributed by atoms with van der Waals surface area (Å²) in [6.45, 7) is 7.64. The maximum Gasteiger partial charge on any atom is 2.00 e. The molecule has 12 heteroatoms. The van der Waals surface area contributed by atoms with Gasteiger partial charge in [0.1, 0.15) is 11.5 Å². The minimum atomic E-state index is 0. The smallest absolute Gasteiger partial charge is 0.515 e. The summed E-state index contributed by atoms with van der Waals surface area (Å²) in [5.41, 5.74) is 11.2. The molecule has 0 saturated carbocycles. The normalized spacial score (nSPS) is 16.7. The number of phenolic OH excluding ortho intramolecular Hbond substituents is 2. The molecule has 2 aromatic rings. The van der Waals surface area contributed by atoms with Crippen molar-refractivity contribution in [1.29, 1.82) is 0 Å². The van der Waals surface area contributed by atoms with Crippen molar-refractivity contribution in [3.05, 3.63) is 70.5 Å². The van der Waals surface area contributed by atoms with Crippen molar-refractivity contribution in [2.75, 3.05) is 26.2 Å². The number of nitrogens with zero attached hydrogens (tertiary/aromatic N) is 6. The molecule has 0 spiro atoms. The van der Waals surface area contributed by atoms with Crippen molar-refractivity contribution in [3.8, 4) is 11.5 Å². The molecule has 0 amide bonds. The Hall–Kier alpha value is -1.88. The Morgan fingerprint density at radius 1 is 0.619 bits per heavy atom. The minimum Gasteiger partial charge on any atom is -0.515 e. The first-order valence-corrected chi connectivity index (χ1v) is 15.0. The van der Waals surface area contributed by atoms with Gasteiger partial charge in [0, 0.05) is 65.8 Å². The largest absolute Gasteiger partial charge is 2.00 e. The van der Waals surface area contributed by atoms with Crippen LogP contribution in [0.15, 0.2) is 58.7 Å². The molecule has 2 aliphatic heterocycles. The standard InChI is InChI=1S/2C15H21N3OS.2Cu/c2*1-12(13-8-4-5-9-14(13)19)16-17-15(20)18-10-6-2-3-7-11-18;;/h2*4-5,8-9H,2-3,6-7,10-11H2,1H3,(H2,16,17,19,20);;/q;;;+2. The number of likely N-dealkylation sites (tertiary alicyclic amines) is 2. The van der Waals surface area contributed by atoms with Crippen molar-refractivity contribution < 1.29 is 44.4 Å². The van der Waals surface area contributed by atoms with Crippen molar-refractivity contribution in [1.82, 2.24) is 9.80 Å². The van der Waals surface area contributed by atoms with E-state index >= 15 is 0 Å². The van der Waals surface area contributed by atoms with E-state index in [1.54, 1.807) is 24.3 Å². The van der Waals surface area contributed by atoms with Gasteiger partial charge in [-0.3, -0.25) is 0 Å². The summed E-state index contributed by atoms with van der Waals surface area (Å²) in [6, 6.07) is 14.3. The topological polar surface area (TPSA) is 99.9 Å². The second-order valence-corrected chi connectivity index (χ2v) is 10.8. The van der Waals surface area contributed by atoms with Gasteiger partial charge in [-0.05, 0) is 63.8 Å². The number of benzene rings is 2. The van der Waals surface area contributed by atoms with Gasteiger partial charge < -0.3 is 31.3 Å². The molecule has 2 aromatic carbocycles. The summed E-state index contributed by atoms with van der Waals surface area (Å²) >= 11 is 8.88. The summed E-state index contributed by atoms with van der Waals surface area (Å²) in [6.07, 6.45) is 9.83. The third-order valence-corrected chi connectivity index (χ3v) is 7.69. The van der Waals surface area contributed by atoms with E-state index in [2.05, 4.69) is 55.3 Å². The number of rotatable bonds is 4. The van der Waals surface area contributed by atoms with Gasteiger partial charge in [0.2, 0.25) is 0 Å². The van der Waals surface area contributed by atoms with E-state index in [9.17, 15) is 10.2 Å². The molecule has 2 aliphatic rings. The van der Waals surface area contributed by atoms with Crippen molar-refractivity contribution in [3.63, 3.8) is 0 Å². The molecule has 236 valence electrons. The zero-order valence-electron chi connectivity index (χ0n) is 24.2. The van der Waals surface area contributed by atoms with Gasteiger partial charge in [0.05, 0.1) is 0 Å². The average Bonchev–Trinajstić information content (AvgIpc) is 3.41. The van der Waals surface area contributed by atoms with Crippen LogP contribution in [0.3, 0.4) is 0 Å². The van der Waals surface area contributed by atoms with Gasteiger partial charge in [-0.1, -0.05) is 49.9 Å². The van der Waals surface area contributed by atoms with Gasteiger partial charge in [-0.15, -0.1) is 0 Å². The van der Waals surface area contributed by atoms with E-state index in [1.165, 1.54) is 51.4 Å². The van der Waals surface area contributed by atoms with Crippen LogP contribution in [0.5, 0.6) is 11.5 Å². The van der Waals surface area contributed by atoms with E-state index in [1.807, 2.05) is 38.1 Å². The molecule has 0 aliphatic carbocycles. The van der Waals surface area contributed by atoms with E-state index in [0.717, 1.165) is 26.2 Å². The number of phenols is 2. The molecule has 2 N–H and O–H groups in total. The Labute approximate surface area is 282 Å². The summed E-state index contributed by atoms with van der Waals surface area (Å²) in [7, 11) is 0. The second-order valence-electron chi connectivity index (χ2n) is 10.0. The van der Waals surface area contributed by atoms with Crippen LogP contribution in [0.2, 0.25) is 0 Å². The summed E-state index contributed by atoms with van der Waals surface area (Å²) in [5, 5.41) is 29.2. The first-order valence-electron chi connectivity index (χ1n) is 14.1. The Balaban J connectivity index is 0.000000401. The van der Waals surface area contributed by atoms with E-state index in [4.69, 9.17) is 0 Å². The van der Waals surface area contributed by atoms with Crippen LogP contribution in [0.25, 0.3) is 10.9 Å². The molecular weight excluding hydrogens is 668 g/mol. The van der Waals surface area contributed by atoms with Crippen molar-refractivity contribution >= 4 is 46.1 Å². The van der Waals surface area contributed by atoms with Crippen LogP contribution in [0.4, 0.5) is 0 Å². The number of para-hydroxylation sites is 2. The van der Waals surface area contributed by atoms with Gasteiger partial charge >= 0.3 is 17.1 Å². The van der Waals surface area contributed by atoms with Crippen LogP contribution in [0.1, 0.15) is 76.3 Å². The second kappa shape index (κ2) is 20.9. The Morgan fingerprint density at radius 2 is 0.929 bits per heavy atom. The maximum atomic E-state index is 9.77. The Kier molecular flexibility index (Phi) is 19.0. The molecule has 42 heavy (non-hydrogen) atoms. The molecule has 2 saturated heterocycles. The Morgan fingerprint density at radius 3 is 1.24 bits per heavy atom. The molecule has 2 fully saturated rings. The zero-order valence-corrected chi connectivity index (χ0v) is 27.9. The Bertz CT molecular complexity index is 1090. The van der Waals surface area contributed by atoms with Crippen LogP contribution < -0.4 is 0 Å². The van der Waals surface area contributed by atoms with Crippen molar-refractivity contribution in [2.24, 2.45) is 10.2 Å². The van der Waals surface area contributed by atoms with Crippen LogP contribution in [-0.4, -0.2) is 67.8 Å². The van der Waals surface area contributed by atoms with Gasteiger partial charge in [0.15, 0.2) is 34.7 Å². The minimum absolute atomic E-state index is 0. The van der Waals surface area contributed by atoms with Crippen molar-refractivity contribution in [2.45, 2.75) is 65.2 Å². The number of aromatic hydroxyl groups is 2. The quantitative estimate of drug-likeness (QED) is 0.110. The average molecular weight is 710 g/mol. The van der Waals surface area contributed by atoms with Crippen LogP contribution in [-0.2, 0) is 58.6 Å². The number of hydrogen-bond acceptors (Lipinski definition) is 4. The molecule has 0 atom stereocenters. The first-order chi connectivity index (χ1) is 19.4. The zero-order chi connectivity index (χ0) is 28.7. The SMILES string of the molecule is CC(=N[N-]C(=[SH+])N1CCCCCC1)c1ccccc1O.CC(=N[N-]C(=[SH+])N1CCCCCC1)c1ccccc1O.[Cu+2].[Cu]. The molecule has 4 rings (SSSR count). The molecule has 2 radical (unpaired) electrons. The predicted molar refractivity (Wildman–Crippen MR) is 175 cm³/mol. The summed E-state index contributed by atoms with van der Waals surface area (Å²) < 4.78 is 0. The fourth-order valence-electron chi connectivity index (χ4n) is 4.57. The summed E-state index contributed by atoms with van der Waals surface area (Å²) in [5.74, 6) is 0.443. The van der Waals surface area contributed by atoms with Crippen LogP contribution >= 0.6 is 0 Å². The molecular formula is C30H42Cu2N6O2S2+2. The number of hydrogen-bond donors (Lipinski definition) is 2. The fraction of sp³-hybridized carbons (Fsp3) is 0.467. The van der Waals surface area contributed by atoms with E-state index in [0.29, 0.717) is 32.8 Å². The van der Waals surface area contributed by atoms with Gasteiger partial charge in [-0.2, -0.15) is 0 Å². The molecule has 2 heterocycles. The molecule has 0 aromatic heterocycles. The van der Waals surface area contributed by atoms with Gasteiger partial charge in [0.25, 0.3) is 0 Å². The number of thiol groups is 2.